The van der Waals surface area contributed by atoms with E-state index in [2.05, 4.69) is 11.6 Å². The maximum atomic E-state index is 13.5. The van der Waals surface area contributed by atoms with Gasteiger partial charge in [-0.3, -0.25) is 0 Å². The topological polar surface area (TPSA) is 72.2 Å². The number of hydrogen-bond acceptors (Lipinski definition) is 3. The molecule has 1 aromatic carbocycles. The van der Waals surface area contributed by atoms with Gasteiger partial charge in [-0.05, 0) is 37.3 Å². The van der Waals surface area contributed by atoms with E-state index in [0.717, 1.165) is 12.5 Å². The van der Waals surface area contributed by atoms with Gasteiger partial charge in [0.05, 0.1) is 4.90 Å². The molecule has 1 aliphatic carbocycles. The van der Waals surface area contributed by atoms with Gasteiger partial charge in [0, 0.05) is 17.8 Å². The van der Waals surface area contributed by atoms with Crippen LogP contribution in [-0.4, -0.2) is 15.0 Å². The lowest BCUT2D eigenvalue weighted by Crippen LogP contribution is -2.26. The number of anilines is 1. The molecular formula is C12H17FN2O2S. The third kappa shape index (κ3) is 2.64. The van der Waals surface area contributed by atoms with Crippen molar-refractivity contribution in [1.82, 2.24) is 4.72 Å². The molecule has 6 heteroatoms. The van der Waals surface area contributed by atoms with Gasteiger partial charge < -0.3 is 5.73 Å². The Labute approximate surface area is 106 Å². The van der Waals surface area contributed by atoms with Gasteiger partial charge in [0.2, 0.25) is 10.0 Å². The molecule has 18 heavy (non-hydrogen) atoms. The zero-order chi connectivity index (χ0) is 13.5. The molecule has 1 fully saturated rings. The van der Waals surface area contributed by atoms with Crippen LogP contribution in [0.5, 0.6) is 0 Å². The average Bonchev–Trinajstić information content (AvgIpc) is 2.99. The molecule has 0 saturated heterocycles. The summed E-state index contributed by atoms with van der Waals surface area (Å²) in [4.78, 5) is -0.114. The van der Waals surface area contributed by atoms with Crippen molar-refractivity contribution < 1.29 is 12.8 Å². The standard InChI is InChI=1S/C12H17FN2O2S/c1-7-3-9(7)6-15-18(16,17)10-4-11(13)8(2)12(14)5-10/h4-5,7,9,15H,3,6,14H2,1-2H3. The third-order valence-electron chi connectivity index (χ3n) is 3.48. The first-order chi connectivity index (χ1) is 8.31. The molecule has 0 aliphatic heterocycles. The Balaban J connectivity index is 2.18. The van der Waals surface area contributed by atoms with E-state index in [1.54, 1.807) is 0 Å². The van der Waals surface area contributed by atoms with Gasteiger partial charge in [0.1, 0.15) is 5.82 Å². The van der Waals surface area contributed by atoms with E-state index in [1.165, 1.54) is 13.0 Å². The van der Waals surface area contributed by atoms with Crippen molar-refractivity contribution in [1.29, 1.82) is 0 Å². The second-order valence-electron chi connectivity index (χ2n) is 4.94. The molecule has 1 saturated carbocycles. The van der Waals surface area contributed by atoms with Crippen LogP contribution >= 0.6 is 0 Å². The molecule has 0 aromatic heterocycles. The SMILES string of the molecule is Cc1c(N)cc(S(=O)(=O)NCC2CC2C)cc1F. The summed E-state index contributed by atoms with van der Waals surface area (Å²) in [5.41, 5.74) is 5.99. The van der Waals surface area contributed by atoms with Crippen LogP contribution in [0.2, 0.25) is 0 Å². The Morgan fingerprint density at radius 2 is 2.11 bits per heavy atom. The average molecular weight is 272 g/mol. The van der Waals surface area contributed by atoms with Crippen molar-refractivity contribution in [3.63, 3.8) is 0 Å². The third-order valence-corrected chi connectivity index (χ3v) is 4.88. The summed E-state index contributed by atoms with van der Waals surface area (Å²) in [5.74, 6) is 0.357. The summed E-state index contributed by atoms with van der Waals surface area (Å²) in [6.45, 7) is 3.99. The second kappa shape index (κ2) is 4.51. The predicted octanol–water partition coefficient (Wildman–Crippen LogP) is 1.65. The summed E-state index contributed by atoms with van der Waals surface area (Å²) < 4.78 is 39.9. The summed E-state index contributed by atoms with van der Waals surface area (Å²) in [6.07, 6.45) is 1.03. The molecule has 1 aliphatic rings. The molecule has 100 valence electrons. The Hall–Kier alpha value is -1.14. The maximum Gasteiger partial charge on any atom is 0.240 e. The molecule has 0 bridgehead atoms. The minimum Gasteiger partial charge on any atom is -0.398 e. The van der Waals surface area contributed by atoms with Crippen LogP contribution in [0.4, 0.5) is 10.1 Å². The summed E-state index contributed by atoms with van der Waals surface area (Å²) >= 11 is 0. The number of hydrogen-bond donors (Lipinski definition) is 2. The molecule has 0 amide bonds. The van der Waals surface area contributed by atoms with Crippen LogP contribution in [0.25, 0.3) is 0 Å². The minimum absolute atomic E-state index is 0.114. The zero-order valence-electron chi connectivity index (χ0n) is 10.4. The van der Waals surface area contributed by atoms with Gasteiger partial charge in [-0.25, -0.2) is 17.5 Å². The number of sulfonamides is 1. The summed E-state index contributed by atoms with van der Waals surface area (Å²) in [6, 6.07) is 2.29. The van der Waals surface area contributed by atoms with Crippen LogP contribution in [0.3, 0.4) is 0 Å². The first kappa shape index (κ1) is 13.3. The highest BCUT2D eigenvalue weighted by molar-refractivity contribution is 7.89. The molecule has 4 nitrogen and oxygen atoms in total. The summed E-state index contributed by atoms with van der Waals surface area (Å²) in [7, 11) is -3.67. The highest BCUT2D eigenvalue weighted by Gasteiger charge is 2.33. The normalized spacial score (nSPS) is 23.1. The highest BCUT2D eigenvalue weighted by atomic mass is 32.2. The summed E-state index contributed by atoms with van der Waals surface area (Å²) in [5, 5.41) is 0. The van der Waals surface area contributed by atoms with Crippen LogP contribution < -0.4 is 10.5 Å². The number of benzene rings is 1. The Morgan fingerprint density at radius 3 is 2.61 bits per heavy atom. The lowest BCUT2D eigenvalue weighted by atomic mass is 10.2. The van der Waals surface area contributed by atoms with E-state index < -0.39 is 15.8 Å². The Bertz CT molecular complexity index is 548. The molecule has 0 radical (unpaired) electrons. The smallest absolute Gasteiger partial charge is 0.240 e. The van der Waals surface area contributed by atoms with Crippen molar-refractivity contribution in [3.05, 3.63) is 23.5 Å². The van der Waals surface area contributed by atoms with Crippen molar-refractivity contribution in [2.45, 2.75) is 25.2 Å². The number of nitrogens with one attached hydrogen (secondary N) is 1. The van der Waals surface area contributed by atoms with Gasteiger partial charge >= 0.3 is 0 Å². The second-order valence-corrected chi connectivity index (χ2v) is 6.71. The largest absolute Gasteiger partial charge is 0.398 e. The Kier molecular flexibility index (Phi) is 3.33. The highest BCUT2D eigenvalue weighted by Crippen LogP contribution is 2.37. The molecule has 1 aromatic rings. The van der Waals surface area contributed by atoms with Crippen molar-refractivity contribution in [2.75, 3.05) is 12.3 Å². The Morgan fingerprint density at radius 1 is 1.50 bits per heavy atom. The lowest BCUT2D eigenvalue weighted by Gasteiger charge is -2.09. The fraction of sp³-hybridized carbons (Fsp3) is 0.500. The monoisotopic (exact) mass is 272 g/mol. The molecule has 3 N–H and O–H groups in total. The van der Waals surface area contributed by atoms with Gasteiger partial charge in [0.25, 0.3) is 0 Å². The molecular weight excluding hydrogens is 255 g/mol. The number of rotatable bonds is 4. The van der Waals surface area contributed by atoms with E-state index in [0.29, 0.717) is 18.4 Å². The van der Waals surface area contributed by atoms with Gasteiger partial charge in [-0.1, -0.05) is 6.92 Å². The molecule has 0 spiro atoms. The van der Waals surface area contributed by atoms with Gasteiger partial charge in [0.15, 0.2) is 0 Å². The fourth-order valence-corrected chi connectivity index (χ4v) is 2.95. The quantitative estimate of drug-likeness (QED) is 0.819. The zero-order valence-corrected chi connectivity index (χ0v) is 11.2. The number of halogens is 1. The minimum atomic E-state index is -3.67. The van der Waals surface area contributed by atoms with Crippen molar-refractivity contribution >= 4 is 15.7 Å². The van der Waals surface area contributed by atoms with Crippen molar-refractivity contribution in [2.24, 2.45) is 11.8 Å². The van der Waals surface area contributed by atoms with E-state index in [4.69, 9.17) is 5.73 Å². The van der Waals surface area contributed by atoms with Crippen molar-refractivity contribution in [3.8, 4) is 0 Å². The maximum absolute atomic E-state index is 13.5. The van der Waals surface area contributed by atoms with Crippen LogP contribution in [0, 0.1) is 24.6 Å². The molecule has 0 heterocycles. The lowest BCUT2D eigenvalue weighted by molar-refractivity contribution is 0.570. The molecule has 2 rings (SSSR count). The van der Waals surface area contributed by atoms with Crippen LogP contribution in [0.1, 0.15) is 18.9 Å². The molecule has 2 unspecified atom stereocenters. The van der Waals surface area contributed by atoms with Gasteiger partial charge in [-0.15, -0.1) is 0 Å². The predicted molar refractivity (Wildman–Crippen MR) is 68.0 cm³/mol. The molecule has 2 atom stereocenters. The number of nitrogens with two attached hydrogens (primary N) is 1. The fourth-order valence-electron chi connectivity index (χ4n) is 1.81. The van der Waals surface area contributed by atoms with E-state index in [-0.39, 0.29) is 16.1 Å². The van der Waals surface area contributed by atoms with E-state index >= 15 is 0 Å². The first-order valence-electron chi connectivity index (χ1n) is 5.86. The van der Waals surface area contributed by atoms with Gasteiger partial charge in [-0.2, -0.15) is 0 Å². The van der Waals surface area contributed by atoms with Crippen LogP contribution in [0.15, 0.2) is 17.0 Å². The van der Waals surface area contributed by atoms with Crippen LogP contribution in [-0.2, 0) is 10.0 Å². The first-order valence-corrected chi connectivity index (χ1v) is 7.35. The van der Waals surface area contributed by atoms with E-state index in [9.17, 15) is 12.8 Å². The van der Waals surface area contributed by atoms with E-state index in [1.807, 2.05) is 0 Å². The number of nitrogen functional groups attached to an aromatic ring is 1.